The van der Waals surface area contributed by atoms with E-state index >= 15 is 0 Å². The van der Waals surface area contributed by atoms with Crippen LogP contribution in [0.25, 0.3) is 10.9 Å². The average Bonchev–Trinajstić information content (AvgIpc) is 2.79. The van der Waals surface area contributed by atoms with E-state index in [0.29, 0.717) is 17.8 Å². The fraction of sp³-hybridized carbons (Fsp3) is 0.593. The lowest BCUT2D eigenvalue weighted by Crippen LogP contribution is -2.64. The fourth-order valence-electron chi connectivity index (χ4n) is 6.67. The molecule has 0 radical (unpaired) electrons. The highest BCUT2D eigenvalue weighted by Crippen LogP contribution is 2.51. The van der Waals surface area contributed by atoms with Gasteiger partial charge in [-0.1, -0.05) is 38.5 Å². The molecule has 1 aromatic heterocycles. The van der Waals surface area contributed by atoms with Crippen LogP contribution < -0.4 is 15.8 Å². The van der Waals surface area contributed by atoms with Gasteiger partial charge in [0.25, 0.3) is 0 Å². The summed E-state index contributed by atoms with van der Waals surface area (Å²) in [6.45, 7) is 4.24. The van der Waals surface area contributed by atoms with E-state index in [-0.39, 0.29) is 17.9 Å². The first-order chi connectivity index (χ1) is 16.3. The van der Waals surface area contributed by atoms with Crippen molar-refractivity contribution in [1.82, 2.24) is 15.0 Å². The molecule has 5 rings (SSSR count). The number of para-hydroxylation sites is 1. The summed E-state index contributed by atoms with van der Waals surface area (Å²) in [5, 5.41) is 4.58. The molecule has 0 spiro atoms. The maximum atomic E-state index is 13.7. The van der Waals surface area contributed by atoms with Gasteiger partial charge in [-0.15, -0.1) is 0 Å². The molecular formula is C27H36N4O2S. The molecule has 5 atom stereocenters. The van der Waals surface area contributed by atoms with Gasteiger partial charge in [-0.05, 0) is 86.8 Å². The highest BCUT2D eigenvalue weighted by molar-refractivity contribution is 7.97. The number of hydrogen-bond acceptors (Lipinski definition) is 5. The summed E-state index contributed by atoms with van der Waals surface area (Å²) in [4.78, 5) is 31.5. The van der Waals surface area contributed by atoms with Crippen LogP contribution >= 0.6 is 11.9 Å². The summed E-state index contributed by atoms with van der Waals surface area (Å²) in [7, 11) is 0. The van der Waals surface area contributed by atoms with Gasteiger partial charge in [0.2, 0.25) is 11.8 Å². The molecule has 3 saturated carbocycles. The van der Waals surface area contributed by atoms with Crippen LogP contribution in [0.2, 0.25) is 0 Å². The third kappa shape index (κ3) is 4.22. The number of carbonyl (C=O) groups excluding carboxylic acids is 2. The van der Waals surface area contributed by atoms with Crippen LogP contribution in [0.1, 0.15) is 65.2 Å². The highest BCUT2D eigenvalue weighted by atomic mass is 32.2. The largest absolute Gasteiger partial charge is 0.369 e. The number of nitrogens with one attached hydrogen (secondary N) is 2. The summed E-state index contributed by atoms with van der Waals surface area (Å²) in [6, 6.07) is 10.3. The fourth-order valence-corrected chi connectivity index (χ4v) is 7.69. The molecule has 34 heavy (non-hydrogen) atoms. The van der Waals surface area contributed by atoms with Crippen molar-refractivity contribution in [1.29, 1.82) is 0 Å². The van der Waals surface area contributed by atoms with Gasteiger partial charge in [-0.3, -0.25) is 14.6 Å². The van der Waals surface area contributed by atoms with Gasteiger partial charge in [0.05, 0.1) is 5.52 Å². The number of pyridine rings is 1. The zero-order valence-electron chi connectivity index (χ0n) is 20.2. The number of hydrogen-bond donors (Lipinski definition) is 3. The minimum Gasteiger partial charge on any atom is -0.369 e. The number of nitrogens with zero attached hydrogens (tertiary/aromatic N) is 1. The second-order valence-electron chi connectivity index (χ2n) is 11.1. The Hall–Kier alpha value is -2.12. The van der Waals surface area contributed by atoms with Crippen LogP contribution in [0.15, 0.2) is 41.4 Å². The lowest BCUT2D eigenvalue weighted by atomic mass is 9.56. The van der Waals surface area contributed by atoms with Gasteiger partial charge in [0, 0.05) is 27.9 Å². The summed E-state index contributed by atoms with van der Waals surface area (Å²) in [6.07, 6.45) is 9.38. The minimum absolute atomic E-state index is 0.104. The summed E-state index contributed by atoms with van der Waals surface area (Å²) in [5.41, 5.74) is 5.75. The first-order valence-corrected chi connectivity index (χ1v) is 13.5. The number of fused-ring (bicyclic) bond motifs is 3. The normalized spacial score (nSPS) is 32.1. The first-order valence-electron chi connectivity index (χ1n) is 12.7. The van der Waals surface area contributed by atoms with E-state index < -0.39 is 11.0 Å². The zero-order valence-corrected chi connectivity index (χ0v) is 21.0. The van der Waals surface area contributed by atoms with Crippen LogP contribution in [-0.2, 0) is 9.59 Å². The number of primary amides is 1. The van der Waals surface area contributed by atoms with Crippen molar-refractivity contribution < 1.29 is 9.59 Å². The number of benzene rings is 1. The van der Waals surface area contributed by atoms with Crippen molar-refractivity contribution in [3.8, 4) is 0 Å². The summed E-state index contributed by atoms with van der Waals surface area (Å²) >= 11 is 1.52. The Bertz CT molecular complexity index is 1080. The third-order valence-electron chi connectivity index (χ3n) is 8.75. The smallest absolute Gasteiger partial charge is 0.241 e. The topological polar surface area (TPSA) is 97.1 Å². The molecule has 1 aromatic carbocycles. The van der Waals surface area contributed by atoms with Gasteiger partial charge < -0.3 is 11.1 Å². The summed E-state index contributed by atoms with van der Waals surface area (Å²) in [5.74, 6) is 1.20. The first kappa shape index (κ1) is 23.6. The molecule has 7 heteroatoms. The molecule has 3 fully saturated rings. The molecule has 3 aliphatic carbocycles. The monoisotopic (exact) mass is 480 g/mol. The standard InChI is InChI=1S/C27H36N4O2S/c1-3-18-13-17-14-20(16-26(2,15-17)24(28)32)22(18)30-25(33)27(10-6-11-27)31-34-21-9-4-7-19-8-5-12-29-23(19)21/h4-5,7-9,12,17-18,20,22,31H,3,6,10-11,13-16H2,1-2H3,(H2,28,32)(H,30,33). The highest BCUT2D eigenvalue weighted by Gasteiger charge is 2.51. The Balaban J connectivity index is 1.32. The number of amides is 2. The molecule has 1 heterocycles. The minimum atomic E-state index is -0.557. The van der Waals surface area contributed by atoms with Gasteiger partial charge in [-0.25, -0.2) is 4.72 Å². The number of rotatable bonds is 7. The molecular weight excluding hydrogens is 444 g/mol. The van der Waals surface area contributed by atoms with E-state index in [2.05, 4.69) is 40.1 Å². The Kier molecular flexibility index (Phi) is 6.36. The molecule has 3 aliphatic rings. The van der Waals surface area contributed by atoms with Crippen LogP contribution in [0.5, 0.6) is 0 Å². The third-order valence-corrected chi connectivity index (χ3v) is 9.79. The van der Waals surface area contributed by atoms with E-state index in [1.807, 2.05) is 25.3 Å². The lowest BCUT2D eigenvalue weighted by molar-refractivity contribution is -0.135. The SMILES string of the molecule is CCC1CC2CC(CC(C)(C(N)=O)C2)C1NC(=O)C1(NSc2cccc3cccnc23)CCC1. The van der Waals surface area contributed by atoms with E-state index in [4.69, 9.17) is 5.73 Å². The zero-order chi connectivity index (χ0) is 23.9. The quantitative estimate of drug-likeness (QED) is 0.504. The van der Waals surface area contributed by atoms with Crippen LogP contribution in [-0.4, -0.2) is 28.4 Å². The molecule has 2 bridgehead atoms. The van der Waals surface area contributed by atoms with Crippen molar-refractivity contribution in [3.05, 3.63) is 36.5 Å². The average molecular weight is 481 g/mol. The Morgan fingerprint density at radius 1 is 1.18 bits per heavy atom. The molecule has 6 nitrogen and oxygen atoms in total. The second kappa shape index (κ2) is 9.15. The van der Waals surface area contributed by atoms with Crippen LogP contribution in [0.4, 0.5) is 0 Å². The van der Waals surface area contributed by atoms with Crippen molar-refractivity contribution >= 4 is 34.7 Å². The maximum absolute atomic E-state index is 13.7. The van der Waals surface area contributed by atoms with Crippen LogP contribution in [0, 0.1) is 23.2 Å². The lowest BCUT2D eigenvalue weighted by Gasteiger charge is -2.51. The van der Waals surface area contributed by atoms with E-state index in [0.717, 1.165) is 67.2 Å². The summed E-state index contributed by atoms with van der Waals surface area (Å²) < 4.78 is 3.54. The van der Waals surface area contributed by atoms with Crippen LogP contribution in [0.3, 0.4) is 0 Å². The molecule has 182 valence electrons. The maximum Gasteiger partial charge on any atom is 0.241 e. The molecule has 5 unspecified atom stereocenters. The predicted molar refractivity (Wildman–Crippen MR) is 136 cm³/mol. The Labute approximate surface area is 206 Å². The predicted octanol–water partition coefficient (Wildman–Crippen LogP) is 4.58. The second-order valence-corrected chi connectivity index (χ2v) is 11.9. The molecule has 2 aromatic rings. The van der Waals surface area contributed by atoms with Crippen molar-refractivity contribution in [2.24, 2.45) is 28.9 Å². The number of carbonyl (C=O) groups is 2. The van der Waals surface area contributed by atoms with Gasteiger partial charge >= 0.3 is 0 Å². The van der Waals surface area contributed by atoms with Gasteiger partial charge in [-0.2, -0.15) is 0 Å². The number of aromatic nitrogens is 1. The Morgan fingerprint density at radius 3 is 2.68 bits per heavy atom. The molecule has 2 amide bonds. The molecule has 0 saturated heterocycles. The van der Waals surface area contributed by atoms with E-state index in [1.165, 1.54) is 11.9 Å². The van der Waals surface area contributed by atoms with Gasteiger partial charge in [0.15, 0.2) is 0 Å². The van der Waals surface area contributed by atoms with E-state index in [9.17, 15) is 9.59 Å². The van der Waals surface area contributed by atoms with E-state index in [1.54, 1.807) is 0 Å². The molecule has 4 N–H and O–H groups in total. The van der Waals surface area contributed by atoms with Gasteiger partial charge in [0.1, 0.15) is 5.54 Å². The van der Waals surface area contributed by atoms with Crippen molar-refractivity contribution in [2.75, 3.05) is 0 Å². The van der Waals surface area contributed by atoms with Crippen molar-refractivity contribution in [3.63, 3.8) is 0 Å². The number of nitrogens with two attached hydrogens (primary N) is 1. The van der Waals surface area contributed by atoms with Crippen molar-refractivity contribution in [2.45, 2.75) is 81.7 Å². The molecule has 0 aliphatic heterocycles. The Morgan fingerprint density at radius 2 is 1.97 bits per heavy atom.